The van der Waals surface area contributed by atoms with Crippen molar-refractivity contribution in [1.82, 2.24) is 4.90 Å². The zero-order valence-corrected chi connectivity index (χ0v) is 11.5. The fourth-order valence-electron chi connectivity index (χ4n) is 2.91. The monoisotopic (exact) mass is 256 g/mol. The number of fused-ring (bicyclic) bond motifs is 1. The van der Waals surface area contributed by atoms with Gasteiger partial charge in [-0.3, -0.25) is 0 Å². The molecule has 104 valence electrons. The summed E-state index contributed by atoms with van der Waals surface area (Å²) in [6.07, 6.45) is 0.755. The SMILES string of the molecule is CC(C)(C)OC(=O)N1CC(CN)C2CCOCC21. The molecule has 2 aliphatic heterocycles. The van der Waals surface area contributed by atoms with Crippen molar-refractivity contribution in [3.63, 3.8) is 0 Å². The molecule has 0 aromatic carbocycles. The number of hydrogen-bond donors (Lipinski definition) is 1. The minimum Gasteiger partial charge on any atom is -0.444 e. The van der Waals surface area contributed by atoms with Crippen LogP contribution in [-0.2, 0) is 9.47 Å². The number of carbonyl (C=O) groups is 1. The van der Waals surface area contributed by atoms with Crippen molar-refractivity contribution in [2.24, 2.45) is 17.6 Å². The summed E-state index contributed by atoms with van der Waals surface area (Å²) in [5, 5.41) is 0. The zero-order chi connectivity index (χ0) is 13.3. The number of rotatable bonds is 1. The maximum atomic E-state index is 12.2. The highest BCUT2D eigenvalue weighted by Crippen LogP contribution is 2.35. The van der Waals surface area contributed by atoms with Gasteiger partial charge in [-0.25, -0.2) is 4.79 Å². The summed E-state index contributed by atoms with van der Waals surface area (Å²) in [4.78, 5) is 14.0. The topological polar surface area (TPSA) is 64.8 Å². The number of hydrogen-bond acceptors (Lipinski definition) is 4. The molecule has 2 saturated heterocycles. The van der Waals surface area contributed by atoms with Crippen LogP contribution in [0.15, 0.2) is 0 Å². The van der Waals surface area contributed by atoms with E-state index in [4.69, 9.17) is 15.2 Å². The quantitative estimate of drug-likeness (QED) is 0.766. The maximum Gasteiger partial charge on any atom is 0.410 e. The predicted molar refractivity (Wildman–Crippen MR) is 68.2 cm³/mol. The Labute approximate surface area is 109 Å². The van der Waals surface area contributed by atoms with Gasteiger partial charge in [0.2, 0.25) is 0 Å². The third-order valence-electron chi connectivity index (χ3n) is 3.75. The van der Waals surface area contributed by atoms with Gasteiger partial charge >= 0.3 is 6.09 Å². The van der Waals surface area contributed by atoms with E-state index in [0.717, 1.165) is 13.0 Å². The number of carbonyl (C=O) groups excluding carboxylic acids is 1. The molecule has 3 atom stereocenters. The van der Waals surface area contributed by atoms with Crippen LogP contribution in [0.25, 0.3) is 0 Å². The lowest BCUT2D eigenvalue weighted by Crippen LogP contribution is -2.45. The van der Waals surface area contributed by atoms with Crippen LogP contribution in [0.1, 0.15) is 27.2 Å². The van der Waals surface area contributed by atoms with Crippen LogP contribution in [0.3, 0.4) is 0 Å². The van der Waals surface area contributed by atoms with E-state index in [9.17, 15) is 4.79 Å². The molecule has 5 nitrogen and oxygen atoms in total. The Bertz CT molecular complexity index is 314. The average Bonchev–Trinajstić information content (AvgIpc) is 2.65. The molecule has 0 aromatic rings. The fraction of sp³-hybridized carbons (Fsp3) is 0.923. The van der Waals surface area contributed by atoms with E-state index < -0.39 is 5.60 Å². The lowest BCUT2D eigenvalue weighted by atomic mass is 9.87. The van der Waals surface area contributed by atoms with Crippen molar-refractivity contribution in [3.8, 4) is 0 Å². The van der Waals surface area contributed by atoms with Gasteiger partial charge in [-0.15, -0.1) is 0 Å². The van der Waals surface area contributed by atoms with Gasteiger partial charge in [0.25, 0.3) is 0 Å². The van der Waals surface area contributed by atoms with Crippen molar-refractivity contribution in [2.45, 2.75) is 38.8 Å². The normalized spacial score (nSPS) is 32.2. The molecular formula is C13H24N2O3. The highest BCUT2D eigenvalue weighted by Gasteiger charge is 2.45. The van der Waals surface area contributed by atoms with E-state index >= 15 is 0 Å². The van der Waals surface area contributed by atoms with Crippen LogP contribution in [0.5, 0.6) is 0 Å². The van der Waals surface area contributed by atoms with Crippen LogP contribution in [-0.4, -0.2) is 48.9 Å². The second-order valence-electron chi connectivity index (χ2n) is 6.22. The summed E-state index contributed by atoms with van der Waals surface area (Å²) in [5.74, 6) is 0.850. The largest absolute Gasteiger partial charge is 0.444 e. The summed E-state index contributed by atoms with van der Waals surface area (Å²) >= 11 is 0. The smallest absolute Gasteiger partial charge is 0.410 e. The van der Waals surface area contributed by atoms with E-state index in [0.29, 0.717) is 31.5 Å². The summed E-state index contributed by atoms with van der Waals surface area (Å²) in [5.41, 5.74) is 5.36. The lowest BCUT2D eigenvalue weighted by Gasteiger charge is -2.33. The maximum absolute atomic E-state index is 12.2. The predicted octanol–water partition coefficient (Wildman–Crippen LogP) is 1.22. The third-order valence-corrected chi connectivity index (χ3v) is 3.75. The molecule has 1 amide bonds. The highest BCUT2D eigenvalue weighted by atomic mass is 16.6. The number of ether oxygens (including phenoxy) is 2. The molecule has 2 rings (SSSR count). The van der Waals surface area contributed by atoms with Gasteiger partial charge in [0, 0.05) is 13.2 Å². The summed E-state index contributed by atoms with van der Waals surface area (Å²) in [6.45, 7) is 8.37. The number of nitrogens with two attached hydrogens (primary N) is 1. The van der Waals surface area contributed by atoms with Gasteiger partial charge in [-0.2, -0.15) is 0 Å². The molecule has 0 aromatic heterocycles. The molecule has 5 heteroatoms. The molecular weight excluding hydrogens is 232 g/mol. The molecule has 0 spiro atoms. The second kappa shape index (κ2) is 5.05. The second-order valence-corrected chi connectivity index (χ2v) is 6.22. The van der Waals surface area contributed by atoms with Gasteiger partial charge < -0.3 is 20.1 Å². The van der Waals surface area contributed by atoms with Gasteiger partial charge in [-0.1, -0.05) is 0 Å². The Morgan fingerprint density at radius 2 is 2.22 bits per heavy atom. The van der Waals surface area contributed by atoms with Crippen LogP contribution < -0.4 is 5.73 Å². The molecule has 2 aliphatic rings. The van der Waals surface area contributed by atoms with E-state index in [2.05, 4.69) is 0 Å². The van der Waals surface area contributed by atoms with E-state index in [1.807, 2.05) is 25.7 Å². The minimum atomic E-state index is -0.455. The van der Waals surface area contributed by atoms with Crippen LogP contribution in [0.4, 0.5) is 4.79 Å². The van der Waals surface area contributed by atoms with Crippen molar-refractivity contribution in [3.05, 3.63) is 0 Å². The van der Waals surface area contributed by atoms with Crippen molar-refractivity contribution in [2.75, 3.05) is 26.3 Å². The highest BCUT2D eigenvalue weighted by molar-refractivity contribution is 5.69. The van der Waals surface area contributed by atoms with Crippen LogP contribution in [0, 0.1) is 11.8 Å². The van der Waals surface area contributed by atoms with Crippen molar-refractivity contribution < 1.29 is 14.3 Å². The Kier molecular flexibility index (Phi) is 3.82. The number of amides is 1. The van der Waals surface area contributed by atoms with E-state index in [1.54, 1.807) is 0 Å². The Morgan fingerprint density at radius 1 is 1.50 bits per heavy atom. The molecule has 3 unspecified atom stereocenters. The third kappa shape index (κ3) is 2.78. The first-order chi connectivity index (χ1) is 8.42. The summed E-state index contributed by atoms with van der Waals surface area (Å²) in [6, 6.07) is 0.141. The van der Waals surface area contributed by atoms with E-state index in [-0.39, 0.29) is 12.1 Å². The fourth-order valence-corrected chi connectivity index (χ4v) is 2.91. The first kappa shape index (κ1) is 13.6. The van der Waals surface area contributed by atoms with Crippen molar-refractivity contribution in [1.29, 1.82) is 0 Å². The first-order valence-corrected chi connectivity index (χ1v) is 6.70. The zero-order valence-electron chi connectivity index (χ0n) is 11.5. The van der Waals surface area contributed by atoms with Gasteiger partial charge in [-0.05, 0) is 45.6 Å². The van der Waals surface area contributed by atoms with Crippen LogP contribution >= 0.6 is 0 Å². The van der Waals surface area contributed by atoms with Gasteiger partial charge in [0.1, 0.15) is 5.60 Å². The van der Waals surface area contributed by atoms with Gasteiger partial charge in [0.15, 0.2) is 0 Å². The molecule has 2 heterocycles. The standard InChI is InChI=1S/C13H24N2O3/c1-13(2,3)18-12(16)15-7-9(6-14)10-4-5-17-8-11(10)15/h9-11H,4-8,14H2,1-3H3. The number of nitrogens with zero attached hydrogens (tertiary/aromatic N) is 1. The molecule has 2 fully saturated rings. The molecule has 0 aliphatic carbocycles. The van der Waals surface area contributed by atoms with Crippen molar-refractivity contribution >= 4 is 6.09 Å². The molecule has 18 heavy (non-hydrogen) atoms. The summed E-state index contributed by atoms with van der Waals surface area (Å²) < 4.78 is 11.0. The lowest BCUT2D eigenvalue weighted by molar-refractivity contribution is -0.0118. The average molecular weight is 256 g/mol. The molecule has 0 bridgehead atoms. The molecule has 0 saturated carbocycles. The Balaban J connectivity index is 2.06. The Hall–Kier alpha value is -0.810. The minimum absolute atomic E-state index is 0.141. The Morgan fingerprint density at radius 3 is 2.83 bits per heavy atom. The molecule has 2 N–H and O–H groups in total. The first-order valence-electron chi connectivity index (χ1n) is 6.70. The van der Waals surface area contributed by atoms with Gasteiger partial charge in [0.05, 0.1) is 12.6 Å². The van der Waals surface area contributed by atoms with E-state index in [1.165, 1.54) is 0 Å². The summed E-state index contributed by atoms with van der Waals surface area (Å²) in [7, 11) is 0. The van der Waals surface area contributed by atoms with Crippen LogP contribution in [0.2, 0.25) is 0 Å². The number of likely N-dealkylation sites (tertiary alicyclic amines) is 1. The molecule has 0 radical (unpaired) electrons.